The summed E-state index contributed by atoms with van der Waals surface area (Å²) in [5.41, 5.74) is 2.31. The molecule has 0 atom stereocenters. The third-order valence-electron chi connectivity index (χ3n) is 3.77. The Morgan fingerprint density at radius 1 is 1.00 bits per heavy atom. The van der Waals surface area contributed by atoms with E-state index in [-0.39, 0.29) is 5.75 Å². The van der Waals surface area contributed by atoms with Crippen LogP contribution in [0.25, 0.3) is 0 Å². The molecule has 130 valence electrons. The Bertz CT molecular complexity index is 773. The monoisotopic (exact) mass is 349 g/mol. The molecule has 0 radical (unpaired) electrons. The van der Waals surface area contributed by atoms with Crippen LogP contribution >= 0.6 is 0 Å². The number of hydrogen-bond acceptors (Lipinski definition) is 4. The van der Waals surface area contributed by atoms with Gasteiger partial charge in [-0.3, -0.25) is 4.72 Å². The van der Waals surface area contributed by atoms with Crippen LogP contribution in [0.5, 0.6) is 11.5 Å². The summed E-state index contributed by atoms with van der Waals surface area (Å²) in [5.74, 6) is 1.18. The summed E-state index contributed by atoms with van der Waals surface area (Å²) in [4.78, 5) is 0. The van der Waals surface area contributed by atoms with E-state index < -0.39 is 10.0 Å². The van der Waals surface area contributed by atoms with E-state index in [2.05, 4.69) is 4.72 Å². The lowest BCUT2D eigenvalue weighted by molar-refractivity contribution is 0.390. The molecule has 5 nitrogen and oxygen atoms in total. The first-order chi connectivity index (χ1) is 11.5. The number of rotatable bonds is 8. The number of ether oxygens (including phenoxy) is 2. The molecule has 0 aromatic heterocycles. The summed E-state index contributed by atoms with van der Waals surface area (Å²) in [6, 6.07) is 13.2. The van der Waals surface area contributed by atoms with Crippen molar-refractivity contribution in [3.63, 3.8) is 0 Å². The van der Waals surface area contributed by atoms with Gasteiger partial charge in [-0.15, -0.1) is 0 Å². The predicted octanol–water partition coefficient (Wildman–Crippen LogP) is 3.39. The number of methoxy groups -OCH3 is 2. The molecule has 0 aliphatic rings. The van der Waals surface area contributed by atoms with Gasteiger partial charge in [0.2, 0.25) is 10.0 Å². The highest BCUT2D eigenvalue weighted by Crippen LogP contribution is 2.35. The van der Waals surface area contributed by atoms with E-state index in [0.717, 1.165) is 17.5 Å². The van der Waals surface area contributed by atoms with Gasteiger partial charge in [-0.05, 0) is 37.5 Å². The fourth-order valence-corrected chi connectivity index (χ4v) is 3.69. The highest BCUT2D eigenvalue weighted by atomic mass is 32.2. The average Bonchev–Trinajstić information content (AvgIpc) is 2.56. The largest absolute Gasteiger partial charge is 0.496 e. The first-order valence-electron chi connectivity index (χ1n) is 7.73. The fourth-order valence-electron chi connectivity index (χ4n) is 2.57. The summed E-state index contributed by atoms with van der Waals surface area (Å²) in [6.07, 6.45) is 1.28. The fraction of sp³-hybridized carbons (Fsp3) is 0.333. The summed E-state index contributed by atoms with van der Waals surface area (Å²) < 4.78 is 37.8. The topological polar surface area (TPSA) is 64.6 Å². The Morgan fingerprint density at radius 3 is 2.33 bits per heavy atom. The number of aryl methyl sites for hydroxylation is 1. The van der Waals surface area contributed by atoms with Gasteiger partial charge in [-0.25, -0.2) is 8.42 Å². The van der Waals surface area contributed by atoms with E-state index in [4.69, 9.17) is 9.47 Å². The molecule has 1 N–H and O–H groups in total. The number of anilines is 1. The lowest BCUT2D eigenvalue weighted by atomic mass is 10.1. The second-order valence-corrected chi connectivity index (χ2v) is 7.33. The maximum absolute atomic E-state index is 12.3. The van der Waals surface area contributed by atoms with E-state index in [9.17, 15) is 8.42 Å². The summed E-state index contributed by atoms with van der Waals surface area (Å²) in [7, 11) is -0.371. The highest BCUT2D eigenvalue weighted by Gasteiger charge is 2.17. The molecular weight excluding hydrogens is 326 g/mol. The van der Waals surface area contributed by atoms with E-state index in [1.165, 1.54) is 7.11 Å². The molecule has 2 aromatic carbocycles. The van der Waals surface area contributed by atoms with Crippen LogP contribution in [-0.4, -0.2) is 28.4 Å². The van der Waals surface area contributed by atoms with Crippen molar-refractivity contribution in [2.45, 2.75) is 19.8 Å². The van der Waals surface area contributed by atoms with Crippen molar-refractivity contribution in [1.82, 2.24) is 0 Å². The zero-order valence-electron chi connectivity index (χ0n) is 14.2. The van der Waals surface area contributed by atoms with Crippen LogP contribution in [0.2, 0.25) is 0 Å². The lowest BCUT2D eigenvalue weighted by Gasteiger charge is -2.16. The van der Waals surface area contributed by atoms with Gasteiger partial charge in [-0.1, -0.05) is 30.3 Å². The lowest BCUT2D eigenvalue weighted by Crippen LogP contribution is -2.18. The normalized spacial score (nSPS) is 11.1. The second-order valence-electron chi connectivity index (χ2n) is 5.48. The van der Waals surface area contributed by atoms with Gasteiger partial charge in [-0.2, -0.15) is 0 Å². The molecule has 2 rings (SSSR count). The van der Waals surface area contributed by atoms with Crippen molar-refractivity contribution in [2.75, 3.05) is 24.7 Å². The first-order valence-corrected chi connectivity index (χ1v) is 9.38. The summed E-state index contributed by atoms with van der Waals surface area (Å²) in [5, 5.41) is 0. The third-order valence-corrected chi connectivity index (χ3v) is 5.12. The number of benzene rings is 2. The molecule has 0 bridgehead atoms. The van der Waals surface area contributed by atoms with Crippen LogP contribution in [0.4, 0.5) is 5.69 Å². The van der Waals surface area contributed by atoms with Gasteiger partial charge >= 0.3 is 0 Å². The van der Waals surface area contributed by atoms with E-state index in [0.29, 0.717) is 23.6 Å². The van der Waals surface area contributed by atoms with Crippen LogP contribution in [-0.2, 0) is 16.4 Å². The third kappa shape index (κ3) is 4.64. The molecule has 0 amide bonds. The summed E-state index contributed by atoms with van der Waals surface area (Å²) in [6.45, 7) is 1.82. The molecule has 0 unspecified atom stereocenters. The van der Waals surface area contributed by atoms with E-state index >= 15 is 0 Å². The van der Waals surface area contributed by atoms with Crippen molar-refractivity contribution < 1.29 is 17.9 Å². The van der Waals surface area contributed by atoms with Crippen molar-refractivity contribution in [3.05, 3.63) is 53.6 Å². The molecule has 0 fully saturated rings. The molecule has 0 aliphatic heterocycles. The molecule has 0 heterocycles. The zero-order chi connectivity index (χ0) is 17.6. The minimum Gasteiger partial charge on any atom is -0.496 e. The van der Waals surface area contributed by atoms with Crippen molar-refractivity contribution in [1.29, 1.82) is 0 Å². The Balaban J connectivity index is 2.05. The van der Waals surface area contributed by atoms with Crippen LogP contribution in [0, 0.1) is 6.92 Å². The van der Waals surface area contributed by atoms with E-state index in [1.54, 1.807) is 19.2 Å². The molecule has 24 heavy (non-hydrogen) atoms. The first kappa shape index (κ1) is 18.1. The molecule has 0 aliphatic carbocycles. The Hall–Kier alpha value is -2.21. The van der Waals surface area contributed by atoms with Gasteiger partial charge in [0.1, 0.15) is 11.5 Å². The average molecular weight is 349 g/mol. The molecule has 0 spiro atoms. The van der Waals surface area contributed by atoms with Gasteiger partial charge in [0, 0.05) is 5.56 Å². The molecule has 2 aromatic rings. The van der Waals surface area contributed by atoms with Crippen molar-refractivity contribution >= 4 is 15.7 Å². The van der Waals surface area contributed by atoms with Gasteiger partial charge < -0.3 is 9.47 Å². The number of nitrogens with one attached hydrogen (secondary N) is 1. The smallest absolute Gasteiger partial charge is 0.232 e. The minimum atomic E-state index is -3.44. The Kier molecular flexibility index (Phi) is 6.09. The summed E-state index contributed by atoms with van der Waals surface area (Å²) >= 11 is 0. The molecule has 6 heteroatoms. The Morgan fingerprint density at radius 2 is 1.71 bits per heavy atom. The van der Waals surface area contributed by atoms with Crippen LogP contribution < -0.4 is 14.2 Å². The van der Waals surface area contributed by atoms with Gasteiger partial charge in [0.15, 0.2) is 0 Å². The van der Waals surface area contributed by atoms with Crippen LogP contribution in [0.15, 0.2) is 42.5 Å². The second kappa shape index (κ2) is 8.06. The van der Waals surface area contributed by atoms with Crippen molar-refractivity contribution in [2.24, 2.45) is 0 Å². The maximum atomic E-state index is 12.3. The molecular formula is C18H23NO4S. The molecule has 0 saturated carbocycles. The maximum Gasteiger partial charge on any atom is 0.232 e. The standard InChI is InChI=1S/C18H23NO4S/c1-14-17(22-2)12-11-16(18(14)23-3)19-24(20,21)13-7-10-15-8-5-4-6-9-15/h4-6,8-9,11-12,19H,7,10,13H2,1-3H3. The SMILES string of the molecule is COc1ccc(NS(=O)(=O)CCCc2ccccc2)c(OC)c1C. The van der Waals surface area contributed by atoms with E-state index in [1.807, 2.05) is 37.3 Å². The van der Waals surface area contributed by atoms with Crippen LogP contribution in [0.3, 0.4) is 0 Å². The number of hydrogen-bond donors (Lipinski definition) is 1. The van der Waals surface area contributed by atoms with Gasteiger partial charge in [0.05, 0.1) is 25.7 Å². The quantitative estimate of drug-likeness (QED) is 0.793. The predicted molar refractivity (Wildman–Crippen MR) is 96.5 cm³/mol. The van der Waals surface area contributed by atoms with Crippen LogP contribution in [0.1, 0.15) is 17.5 Å². The Labute approximate surface area is 143 Å². The van der Waals surface area contributed by atoms with Gasteiger partial charge in [0.25, 0.3) is 0 Å². The number of sulfonamides is 1. The molecule has 0 saturated heterocycles. The zero-order valence-corrected chi connectivity index (χ0v) is 15.0. The van der Waals surface area contributed by atoms with Crippen molar-refractivity contribution in [3.8, 4) is 11.5 Å². The highest BCUT2D eigenvalue weighted by molar-refractivity contribution is 7.92. The minimum absolute atomic E-state index is 0.0517.